The van der Waals surface area contributed by atoms with Crippen LogP contribution in [0.25, 0.3) is 0 Å². The van der Waals surface area contributed by atoms with Crippen molar-refractivity contribution < 1.29 is 14.5 Å². The van der Waals surface area contributed by atoms with Crippen LogP contribution in [0.1, 0.15) is 12.8 Å². The summed E-state index contributed by atoms with van der Waals surface area (Å²) in [5.74, 6) is 1.05. The molecule has 1 amide bonds. The predicted octanol–water partition coefficient (Wildman–Crippen LogP) is 2.17. The highest BCUT2D eigenvalue weighted by Gasteiger charge is 2.17. The molecule has 1 aliphatic rings. The van der Waals surface area contributed by atoms with Gasteiger partial charge >= 0.3 is 0 Å². The van der Waals surface area contributed by atoms with Crippen LogP contribution in [0, 0.1) is 10.1 Å². The van der Waals surface area contributed by atoms with Gasteiger partial charge in [-0.15, -0.1) is 0 Å². The Morgan fingerprint density at radius 3 is 2.74 bits per heavy atom. The minimum absolute atomic E-state index is 0.128. The zero-order valence-electron chi connectivity index (χ0n) is 14.6. The van der Waals surface area contributed by atoms with Gasteiger partial charge in [-0.3, -0.25) is 19.8 Å². The average molecular weight is 372 g/mol. The van der Waals surface area contributed by atoms with Crippen LogP contribution in [-0.2, 0) is 4.79 Å². The molecule has 2 aromatic rings. The number of likely N-dealkylation sites (tertiary alicyclic amines) is 1. The van der Waals surface area contributed by atoms with Crippen molar-refractivity contribution in [1.29, 1.82) is 0 Å². The zero-order valence-corrected chi connectivity index (χ0v) is 14.6. The molecule has 2 N–H and O–H groups in total. The summed E-state index contributed by atoms with van der Waals surface area (Å²) in [6.45, 7) is 3.44. The van der Waals surface area contributed by atoms with E-state index in [0.717, 1.165) is 19.6 Å². The van der Waals surface area contributed by atoms with Crippen molar-refractivity contribution in [3.05, 3.63) is 40.7 Å². The Labute approximate surface area is 155 Å². The first-order valence-corrected chi connectivity index (χ1v) is 8.58. The fraction of sp³-hybridized carbons (Fsp3) is 0.353. The second-order valence-corrected chi connectivity index (χ2v) is 6.01. The Morgan fingerprint density at radius 1 is 1.22 bits per heavy atom. The molecule has 1 aliphatic heterocycles. The van der Waals surface area contributed by atoms with Crippen molar-refractivity contribution >= 4 is 29.4 Å². The number of rotatable bonds is 9. The molecule has 3 rings (SSSR count). The molecule has 27 heavy (non-hydrogen) atoms. The number of carbonyl (C=O) groups excluding carboxylic acids is 1. The molecule has 1 aromatic carbocycles. The molecule has 0 saturated carbocycles. The lowest BCUT2D eigenvalue weighted by molar-refractivity contribution is -0.384. The summed E-state index contributed by atoms with van der Waals surface area (Å²) < 4.78 is 5.67. The maximum absolute atomic E-state index is 11.4. The normalized spacial score (nSPS) is 13.9. The van der Waals surface area contributed by atoms with Gasteiger partial charge in [0.15, 0.2) is 0 Å². The van der Waals surface area contributed by atoms with Crippen molar-refractivity contribution in [3.63, 3.8) is 0 Å². The summed E-state index contributed by atoms with van der Waals surface area (Å²) >= 11 is 0. The first-order valence-electron chi connectivity index (χ1n) is 8.58. The number of nitro groups is 1. The second kappa shape index (κ2) is 8.90. The molecule has 10 nitrogen and oxygen atoms in total. The van der Waals surface area contributed by atoms with E-state index in [0.29, 0.717) is 24.6 Å². The van der Waals surface area contributed by atoms with Crippen LogP contribution in [0.4, 0.5) is 23.0 Å². The lowest BCUT2D eigenvalue weighted by Gasteiger charge is -2.15. The van der Waals surface area contributed by atoms with Crippen LogP contribution < -0.4 is 15.4 Å². The SMILES string of the molecule is O=CNc1cc(Nc2ccc(OCCN3CCCC3)cc2[N+](=O)[O-])ncn1. The van der Waals surface area contributed by atoms with Crippen molar-refractivity contribution in [1.82, 2.24) is 14.9 Å². The first-order chi connectivity index (χ1) is 13.2. The number of carbonyl (C=O) groups is 1. The van der Waals surface area contributed by atoms with E-state index >= 15 is 0 Å². The molecule has 2 heterocycles. The summed E-state index contributed by atoms with van der Waals surface area (Å²) in [6.07, 6.45) is 4.15. The van der Waals surface area contributed by atoms with Crippen LogP contribution in [0.5, 0.6) is 5.75 Å². The number of anilines is 3. The van der Waals surface area contributed by atoms with Crippen molar-refractivity contribution in [2.75, 3.05) is 36.9 Å². The summed E-state index contributed by atoms with van der Waals surface area (Å²) in [5.41, 5.74) is 0.139. The lowest BCUT2D eigenvalue weighted by atomic mass is 10.2. The largest absolute Gasteiger partial charge is 0.492 e. The van der Waals surface area contributed by atoms with Crippen LogP contribution in [-0.4, -0.2) is 52.4 Å². The predicted molar refractivity (Wildman–Crippen MR) is 99.3 cm³/mol. The molecular weight excluding hydrogens is 352 g/mol. The van der Waals surface area contributed by atoms with Crippen LogP contribution >= 0.6 is 0 Å². The number of nitrogens with zero attached hydrogens (tertiary/aromatic N) is 4. The molecule has 142 valence electrons. The van der Waals surface area contributed by atoms with E-state index in [-0.39, 0.29) is 17.2 Å². The number of ether oxygens (including phenoxy) is 1. The third kappa shape index (κ3) is 5.11. The van der Waals surface area contributed by atoms with Gasteiger partial charge in [-0.2, -0.15) is 0 Å². The molecular formula is C17H20N6O4. The molecule has 0 atom stereocenters. The van der Waals surface area contributed by atoms with Crippen molar-refractivity contribution in [2.24, 2.45) is 0 Å². The van der Waals surface area contributed by atoms with E-state index in [1.54, 1.807) is 12.1 Å². The lowest BCUT2D eigenvalue weighted by Crippen LogP contribution is -2.25. The second-order valence-electron chi connectivity index (χ2n) is 6.01. The third-order valence-electron chi connectivity index (χ3n) is 4.18. The molecule has 0 bridgehead atoms. The Bertz CT molecular complexity index is 810. The molecule has 0 radical (unpaired) electrons. The fourth-order valence-corrected chi connectivity index (χ4v) is 2.86. The van der Waals surface area contributed by atoms with Crippen molar-refractivity contribution in [2.45, 2.75) is 12.8 Å². The van der Waals surface area contributed by atoms with Gasteiger partial charge in [0.25, 0.3) is 5.69 Å². The fourth-order valence-electron chi connectivity index (χ4n) is 2.86. The monoisotopic (exact) mass is 372 g/mol. The quantitative estimate of drug-likeness (QED) is 0.390. The highest BCUT2D eigenvalue weighted by atomic mass is 16.6. The summed E-state index contributed by atoms with van der Waals surface area (Å²) in [4.78, 5) is 31.6. The van der Waals surface area contributed by atoms with E-state index < -0.39 is 4.92 Å². The summed E-state index contributed by atoms with van der Waals surface area (Å²) in [6, 6.07) is 6.10. The molecule has 0 unspecified atom stereocenters. The molecule has 10 heteroatoms. The highest BCUT2D eigenvalue weighted by molar-refractivity contribution is 5.73. The highest BCUT2D eigenvalue weighted by Crippen LogP contribution is 2.31. The van der Waals surface area contributed by atoms with E-state index in [2.05, 4.69) is 25.5 Å². The summed E-state index contributed by atoms with van der Waals surface area (Å²) in [7, 11) is 0. The first kappa shape index (κ1) is 18.5. The van der Waals surface area contributed by atoms with Gasteiger partial charge in [-0.25, -0.2) is 9.97 Å². The van der Waals surface area contributed by atoms with Gasteiger partial charge in [0.2, 0.25) is 6.41 Å². The van der Waals surface area contributed by atoms with Gasteiger partial charge in [0.1, 0.15) is 36.0 Å². The van der Waals surface area contributed by atoms with Crippen LogP contribution in [0.15, 0.2) is 30.6 Å². The van der Waals surface area contributed by atoms with Gasteiger partial charge in [0.05, 0.1) is 11.0 Å². The van der Waals surface area contributed by atoms with E-state index in [1.807, 2.05) is 0 Å². The maximum Gasteiger partial charge on any atom is 0.296 e. The molecule has 0 spiro atoms. The minimum Gasteiger partial charge on any atom is -0.492 e. The topological polar surface area (TPSA) is 123 Å². The van der Waals surface area contributed by atoms with Gasteiger partial charge in [0, 0.05) is 12.6 Å². The van der Waals surface area contributed by atoms with Gasteiger partial charge in [-0.1, -0.05) is 0 Å². The number of amides is 1. The molecule has 0 aliphatic carbocycles. The number of hydrogen-bond acceptors (Lipinski definition) is 8. The average Bonchev–Trinajstić information content (AvgIpc) is 3.17. The zero-order chi connectivity index (χ0) is 19.1. The van der Waals surface area contributed by atoms with Gasteiger partial charge < -0.3 is 15.4 Å². The Hall–Kier alpha value is -3.27. The number of nitrogens with one attached hydrogen (secondary N) is 2. The smallest absolute Gasteiger partial charge is 0.296 e. The number of benzene rings is 1. The van der Waals surface area contributed by atoms with E-state index in [1.165, 1.54) is 31.3 Å². The third-order valence-corrected chi connectivity index (χ3v) is 4.18. The standard InChI is InChI=1S/C17H20N6O4/c24-12-20-16-10-17(19-11-18-16)21-14-4-3-13(9-15(14)23(25)26)27-8-7-22-5-1-2-6-22/h3-4,9-12H,1-2,5-8H2,(H2,18,19,20,21,24). The maximum atomic E-state index is 11.4. The molecule has 1 aromatic heterocycles. The Morgan fingerprint density at radius 2 is 2.00 bits per heavy atom. The molecule has 1 saturated heterocycles. The Balaban J connectivity index is 1.68. The summed E-state index contributed by atoms with van der Waals surface area (Å²) in [5, 5.41) is 16.7. The van der Waals surface area contributed by atoms with E-state index in [4.69, 9.17) is 4.74 Å². The van der Waals surface area contributed by atoms with Gasteiger partial charge in [-0.05, 0) is 38.1 Å². The number of hydrogen-bond donors (Lipinski definition) is 2. The molecule has 1 fully saturated rings. The minimum atomic E-state index is -0.485. The number of aromatic nitrogens is 2. The Kier molecular flexibility index (Phi) is 6.10. The van der Waals surface area contributed by atoms with Crippen LogP contribution in [0.3, 0.4) is 0 Å². The number of nitro benzene ring substituents is 1. The van der Waals surface area contributed by atoms with Crippen molar-refractivity contribution in [3.8, 4) is 5.75 Å². The van der Waals surface area contributed by atoms with Crippen LogP contribution in [0.2, 0.25) is 0 Å². The van der Waals surface area contributed by atoms with E-state index in [9.17, 15) is 14.9 Å².